The van der Waals surface area contributed by atoms with Gasteiger partial charge >= 0.3 is 0 Å². The van der Waals surface area contributed by atoms with E-state index in [0.29, 0.717) is 48.9 Å². The fraction of sp³-hybridized carbons (Fsp3) is 0.333. The molecule has 6 nitrogen and oxygen atoms in total. The summed E-state index contributed by atoms with van der Waals surface area (Å²) in [5, 5.41) is 3.84. The van der Waals surface area contributed by atoms with Crippen LogP contribution < -0.4 is 10.2 Å². The van der Waals surface area contributed by atoms with E-state index < -0.39 is 10.1 Å². The molecular formula is C18H18ClNO5S. The summed E-state index contributed by atoms with van der Waals surface area (Å²) >= 11 is 6.60. The lowest BCUT2D eigenvalue weighted by atomic mass is 9.86. The van der Waals surface area contributed by atoms with E-state index in [1.165, 1.54) is 6.07 Å². The van der Waals surface area contributed by atoms with Crippen LogP contribution in [-0.2, 0) is 27.8 Å². The first-order chi connectivity index (χ1) is 12.5. The van der Waals surface area contributed by atoms with Gasteiger partial charge in [0, 0.05) is 24.4 Å². The molecule has 1 atom stereocenters. The molecule has 138 valence electrons. The minimum absolute atomic E-state index is 0.0759. The summed E-state index contributed by atoms with van der Waals surface area (Å²) in [7, 11) is -4.33. The quantitative estimate of drug-likeness (QED) is 0.600. The van der Waals surface area contributed by atoms with E-state index in [-0.39, 0.29) is 10.8 Å². The summed E-state index contributed by atoms with van der Waals surface area (Å²) in [5.74, 6) is 0.289. The van der Waals surface area contributed by atoms with Crippen LogP contribution in [-0.4, -0.2) is 32.7 Å². The van der Waals surface area contributed by atoms with Crippen LogP contribution in [0.15, 0.2) is 35.2 Å². The predicted octanol–water partition coefficient (Wildman–Crippen LogP) is 2.73. The molecule has 2 heterocycles. The average Bonchev–Trinajstić information content (AvgIpc) is 2.84. The monoisotopic (exact) mass is 395 g/mol. The first kappa shape index (κ1) is 17.8. The van der Waals surface area contributed by atoms with Gasteiger partial charge in [-0.05, 0) is 35.7 Å². The molecule has 0 saturated heterocycles. The molecule has 0 radical (unpaired) electrons. The van der Waals surface area contributed by atoms with E-state index >= 15 is 0 Å². The molecule has 0 fully saturated rings. The number of hydrogen-bond donors (Lipinski definition) is 2. The van der Waals surface area contributed by atoms with Crippen molar-refractivity contribution in [2.24, 2.45) is 0 Å². The minimum atomic E-state index is -4.33. The molecule has 2 aromatic rings. The van der Waals surface area contributed by atoms with Crippen LogP contribution >= 0.6 is 11.6 Å². The van der Waals surface area contributed by atoms with Gasteiger partial charge in [-0.15, -0.1) is 0 Å². The standard InChI is InChI=1S/C18H18ClNO5S/c19-17-13-5-7-20-10-15(12-3-1-2-4-16(12)26(21,22)23)14(13)9-11-6-8-24-25-18(11)17/h1-4,9,15,20H,5-8,10H2,(H,21,22,23). The number of rotatable bonds is 2. The van der Waals surface area contributed by atoms with Gasteiger partial charge in [0.05, 0.1) is 16.5 Å². The summed E-state index contributed by atoms with van der Waals surface area (Å²) in [5.41, 5.74) is 3.36. The third kappa shape index (κ3) is 3.10. The van der Waals surface area contributed by atoms with E-state index in [0.717, 1.165) is 16.7 Å². The van der Waals surface area contributed by atoms with Crippen LogP contribution in [0.25, 0.3) is 0 Å². The summed E-state index contributed by atoms with van der Waals surface area (Å²) in [6, 6.07) is 8.55. The van der Waals surface area contributed by atoms with Gasteiger partial charge in [0.15, 0.2) is 5.75 Å². The van der Waals surface area contributed by atoms with Crippen molar-refractivity contribution in [3.05, 3.63) is 57.6 Å². The van der Waals surface area contributed by atoms with E-state index in [2.05, 4.69) is 5.32 Å². The van der Waals surface area contributed by atoms with Crippen molar-refractivity contribution in [3.8, 4) is 5.75 Å². The van der Waals surface area contributed by atoms with Gasteiger partial charge in [-0.1, -0.05) is 35.9 Å². The highest BCUT2D eigenvalue weighted by atomic mass is 35.5. The fourth-order valence-electron chi connectivity index (χ4n) is 3.69. The van der Waals surface area contributed by atoms with Gasteiger partial charge in [0.1, 0.15) is 0 Å². The van der Waals surface area contributed by atoms with E-state index in [1.54, 1.807) is 18.2 Å². The molecule has 0 saturated carbocycles. The molecule has 2 aliphatic heterocycles. The Bertz CT molecular complexity index is 960. The van der Waals surface area contributed by atoms with Crippen molar-refractivity contribution in [3.63, 3.8) is 0 Å². The van der Waals surface area contributed by atoms with Gasteiger partial charge in [-0.3, -0.25) is 4.55 Å². The molecule has 26 heavy (non-hydrogen) atoms. The zero-order chi connectivity index (χ0) is 18.3. The molecular weight excluding hydrogens is 378 g/mol. The lowest BCUT2D eigenvalue weighted by Crippen LogP contribution is -2.22. The highest BCUT2D eigenvalue weighted by Crippen LogP contribution is 2.42. The Labute approximate surface area is 156 Å². The Morgan fingerprint density at radius 2 is 2.00 bits per heavy atom. The molecule has 2 aliphatic rings. The van der Waals surface area contributed by atoms with Gasteiger partial charge < -0.3 is 10.2 Å². The normalized spacial score (nSPS) is 19.8. The molecule has 0 bridgehead atoms. The predicted molar refractivity (Wildman–Crippen MR) is 96.4 cm³/mol. The molecule has 0 spiro atoms. The number of fused-ring (bicyclic) bond motifs is 2. The van der Waals surface area contributed by atoms with Gasteiger partial charge in [0.2, 0.25) is 0 Å². The Balaban J connectivity index is 1.93. The molecule has 8 heteroatoms. The summed E-state index contributed by atoms with van der Waals surface area (Å²) in [4.78, 5) is 10.3. The van der Waals surface area contributed by atoms with Crippen molar-refractivity contribution in [1.82, 2.24) is 5.32 Å². The first-order valence-electron chi connectivity index (χ1n) is 8.37. The molecule has 1 unspecified atom stereocenters. The molecule has 0 aromatic heterocycles. The van der Waals surface area contributed by atoms with Crippen molar-refractivity contribution in [2.75, 3.05) is 19.7 Å². The average molecular weight is 396 g/mol. The second-order valence-corrected chi connectivity index (χ2v) is 8.19. The van der Waals surface area contributed by atoms with Crippen LogP contribution in [0.5, 0.6) is 5.75 Å². The van der Waals surface area contributed by atoms with Crippen molar-refractivity contribution < 1.29 is 22.7 Å². The minimum Gasteiger partial charge on any atom is -0.336 e. The Hall–Kier alpha value is -1.64. The maximum Gasteiger partial charge on any atom is 0.294 e. The number of benzene rings is 2. The van der Waals surface area contributed by atoms with Gasteiger partial charge in [-0.2, -0.15) is 13.3 Å². The van der Waals surface area contributed by atoms with Gasteiger partial charge in [0.25, 0.3) is 10.1 Å². The summed E-state index contributed by atoms with van der Waals surface area (Å²) < 4.78 is 33.4. The second kappa shape index (κ2) is 6.83. The van der Waals surface area contributed by atoms with Crippen LogP contribution in [0.1, 0.15) is 28.2 Å². The van der Waals surface area contributed by atoms with Crippen molar-refractivity contribution in [1.29, 1.82) is 0 Å². The molecule has 4 rings (SSSR count). The Morgan fingerprint density at radius 3 is 2.81 bits per heavy atom. The third-order valence-electron chi connectivity index (χ3n) is 4.88. The van der Waals surface area contributed by atoms with E-state index in [1.807, 2.05) is 6.07 Å². The second-order valence-electron chi connectivity index (χ2n) is 6.42. The summed E-state index contributed by atoms with van der Waals surface area (Å²) in [6.07, 6.45) is 1.36. The molecule has 2 aromatic carbocycles. The zero-order valence-electron chi connectivity index (χ0n) is 13.9. The topological polar surface area (TPSA) is 84.9 Å². The van der Waals surface area contributed by atoms with Crippen LogP contribution in [0, 0.1) is 0 Å². The van der Waals surface area contributed by atoms with Crippen molar-refractivity contribution in [2.45, 2.75) is 23.7 Å². The lowest BCUT2D eigenvalue weighted by Gasteiger charge is -2.25. The van der Waals surface area contributed by atoms with Gasteiger partial charge in [-0.25, -0.2) is 0 Å². The molecule has 0 amide bonds. The first-order valence-corrected chi connectivity index (χ1v) is 10.2. The van der Waals surface area contributed by atoms with Crippen LogP contribution in [0.2, 0.25) is 5.02 Å². The fourth-order valence-corrected chi connectivity index (χ4v) is 4.80. The van der Waals surface area contributed by atoms with Crippen LogP contribution in [0.4, 0.5) is 0 Å². The third-order valence-corrected chi connectivity index (χ3v) is 6.21. The number of halogens is 1. The SMILES string of the molecule is O=S(=O)(O)c1ccccc1C1CNCCc2c1cc1c(c2Cl)OOCC1. The number of nitrogens with one attached hydrogen (secondary N) is 1. The Morgan fingerprint density at radius 1 is 1.19 bits per heavy atom. The highest BCUT2D eigenvalue weighted by molar-refractivity contribution is 7.85. The summed E-state index contributed by atoms with van der Waals surface area (Å²) in [6.45, 7) is 1.69. The largest absolute Gasteiger partial charge is 0.336 e. The van der Waals surface area contributed by atoms with Crippen molar-refractivity contribution >= 4 is 21.7 Å². The van der Waals surface area contributed by atoms with E-state index in [4.69, 9.17) is 21.4 Å². The maximum absolute atomic E-state index is 11.9. The smallest absolute Gasteiger partial charge is 0.294 e. The number of hydrogen-bond acceptors (Lipinski definition) is 5. The highest BCUT2D eigenvalue weighted by Gasteiger charge is 2.30. The zero-order valence-corrected chi connectivity index (χ0v) is 15.4. The Kier molecular flexibility index (Phi) is 4.66. The molecule has 2 N–H and O–H groups in total. The maximum atomic E-state index is 11.9. The van der Waals surface area contributed by atoms with E-state index in [9.17, 15) is 13.0 Å². The lowest BCUT2D eigenvalue weighted by molar-refractivity contribution is -0.215. The van der Waals surface area contributed by atoms with Crippen LogP contribution in [0.3, 0.4) is 0 Å². The molecule has 0 aliphatic carbocycles.